The second-order valence-corrected chi connectivity index (χ2v) is 11.0. The van der Waals surface area contributed by atoms with E-state index in [1.54, 1.807) is 0 Å². The van der Waals surface area contributed by atoms with Gasteiger partial charge in [-0.1, -0.05) is 49.6 Å². The summed E-state index contributed by atoms with van der Waals surface area (Å²) in [4.78, 5) is 28.6. The Bertz CT molecular complexity index is 1040. The van der Waals surface area contributed by atoms with Crippen LogP contribution < -0.4 is 15.5 Å². The van der Waals surface area contributed by atoms with Crippen molar-refractivity contribution in [3.05, 3.63) is 59.7 Å². The molecule has 6 heteroatoms. The molecule has 2 aromatic rings. The van der Waals surface area contributed by atoms with E-state index >= 15 is 0 Å². The summed E-state index contributed by atoms with van der Waals surface area (Å²) in [6.07, 6.45) is 10.8. The van der Waals surface area contributed by atoms with Gasteiger partial charge in [0.05, 0.1) is 11.7 Å². The molecule has 2 N–H and O–H groups in total. The molecule has 0 bridgehead atoms. The zero-order chi connectivity index (χ0) is 25.5. The second-order valence-electron chi connectivity index (χ2n) is 11.0. The van der Waals surface area contributed by atoms with Gasteiger partial charge in [-0.05, 0) is 74.6 Å². The van der Waals surface area contributed by atoms with E-state index < -0.39 is 0 Å². The van der Waals surface area contributed by atoms with Gasteiger partial charge in [-0.15, -0.1) is 0 Å². The third kappa shape index (κ3) is 6.92. The van der Waals surface area contributed by atoms with E-state index in [1.807, 2.05) is 18.2 Å². The van der Waals surface area contributed by atoms with Gasteiger partial charge in [-0.2, -0.15) is 0 Å². The standard InChI is InChI=1S/C31H41N3O3/c35-30(25-10-5-2-6-11-25)33-26-13-14-29(28(21-26)31(36)32-22-27-12-7-19-37-27)34-17-15-24(16-18-34)20-23-8-3-1-4-9-23/h1,3-4,8-9,13-14,21,24-25,27H,2,5-7,10-12,15-20,22H2,(H,32,36)(H,33,35). The van der Waals surface area contributed by atoms with Gasteiger partial charge in [0.2, 0.25) is 5.91 Å². The predicted octanol–water partition coefficient (Wildman–Crippen LogP) is 5.57. The number of hydrogen-bond acceptors (Lipinski definition) is 4. The highest BCUT2D eigenvalue weighted by Gasteiger charge is 2.26. The fraction of sp³-hybridized carbons (Fsp3) is 0.548. The van der Waals surface area contributed by atoms with Crippen LogP contribution in [0.4, 0.5) is 11.4 Å². The average molecular weight is 504 g/mol. The topological polar surface area (TPSA) is 70.7 Å². The Morgan fingerprint density at radius 2 is 1.68 bits per heavy atom. The Balaban J connectivity index is 1.27. The molecule has 6 nitrogen and oxygen atoms in total. The van der Waals surface area contributed by atoms with Crippen LogP contribution in [0, 0.1) is 11.8 Å². The monoisotopic (exact) mass is 503 g/mol. The first kappa shape index (κ1) is 25.8. The molecule has 1 unspecified atom stereocenters. The maximum Gasteiger partial charge on any atom is 0.253 e. The minimum atomic E-state index is -0.0920. The van der Waals surface area contributed by atoms with Crippen molar-refractivity contribution in [2.24, 2.45) is 11.8 Å². The number of rotatable bonds is 8. The fourth-order valence-corrected chi connectivity index (χ4v) is 6.11. The normalized spacial score (nSPS) is 21.1. The first-order valence-electron chi connectivity index (χ1n) is 14.3. The van der Waals surface area contributed by atoms with Crippen LogP contribution >= 0.6 is 0 Å². The summed E-state index contributed by atoms with van der Waals surface area (Å²) in [5.74, 6) is 0.726. The molecule has 0 radical (unpaired) electrons. The van der Waals surface area contributed by atoms with Crippen molar-refractivity contribution in [2.45, 2.75) is 70.3 Å². The molecule has 0 aromatic heterocycles. The van der Waals surface area contributed by atoms with Crippen LogP contribution in [0.3, 0.4) is 0 Å². The van der Waals surface area contributed by atoms with Crippen LogP contribution in [-0.2, 0) is 16.0 Å². The number of nitrogens with one attached hydrogen (secondary N) is 2. The lowest BCUT2D eigenvalue weighted by atomic mass is 9.88. The Morgan fingerprint density at radius 1 is 0.892 bits per heavy atom. The van der Waals surface area contributed by atoms with E-state index in [-0.39, 0.29) is 23.8 Å². The Hall–Kier alpha value is -2.86. The van der Waals surface area contributed by atoms with Crippen molar-refractivity contribution >= 4 is 23.2 Å². The van der Waals surface area contributed by atoms with E-state index in [0.29, 0.717) is 23.7 Å². The fourth-order valence-electron chi connectivity index (χ4n) is 6.11. The molecule has 5 rings (SSSR count). The smallest absolute Gasteiger partial charge is 0.253 e. The van der Waals surface area contributed by atoms with Crippen LogP contribution in [0.5, 0.6) is 0 Å². The molecule has 3 fully saturated rings. The van der Waals surface area contributed by atoms with Crippen LogP contribution in [0.2, 0.25) is 0 Å². The molecule has 2 aliphatic heterocycles. The van der Waals surface area contributed by atoms with Gasteiger partial charge in [0.15, 0.2) is 0 Å². The SMILES string of the molecule is O=C(NCC1CCCO1)c1cc(NC(=O)C2CCCCC2)ccc1N1CCC(Cc2ccccc2)CC1. The minimum Gasteiger partial charge on any atom is -0.376 e. The van der Waals surface area contributed by atoms with Gasteiger partial charge in [-0.25, -0.2) is 0 Å². The van der Waals surface area contributed by atoms with Gasteiger partial charge in [0, 0.05) is 43.5 Å². The van der Waals surface area contributed by atoms with Gasteiger partial charge in [0.1, 0.15) is 0 Å². The summed E-state index contributed by atoms with van der Waals surface area (Å²) >= 11 is 0. The highest BCUT2D eigenvalue weighted by Crippen LogP contribution is 2.31. The van der Waals surface area contributed by atoms with Gasteiger partial charge < -0.3 is 20.3 Å². The highest BCUT2D eigenvalue weighted by molar-refractivity contribution is 6.02. The largest absolute Gasteiger partial charge is 0.376 e. The molecule has 2 heterocycles. The van der Waals surface area contributed by atoms with Crippen LogP contribution in [0.15, 0.2) is 48.5 Å². The Morgan fingerprint density at radius 3 is 2.41 bits per heavy atom. The summed E-state index contributed by atoms with van der Waals surface area (Å²) in [5.41, 5.74) is 3.70. The molecule has 198 valence electrons. The van der Waals surface area contributed by atoms with Gasteiger partial charge >= 0.3 is 0 Å². The Labute approximate surface area is 221 Å². The van der Waals surface area contributed by atoms with Crippen molar-refractivity contribution < 1.29 is 14.3 Å². The van der Waals surface area contributed by atoms with Crippen LogP contribution in [-0.4, -0.2) is 44.2 Å². The van der Waals surface area contributed by atoms with E-state index in [9.17, 15) is 9.59 Å². The maximum atomic E-state index is 13.4. The number of anilines is 2. The maximum absolute atomic E-state index is 13.4. The lowest BCUT2D eigenvalue weighted by molar-refractivity contribution is -0.120. The third-order valence-electron chi connectivity index (χ3n) is 8.32. The molecule has 2 aromatic carbocycles. The lowest BCUT2D eigenvalue weighted by Crippen LogP contribution is -2.37. The van der Waals surface area contributed by atoms with Crippen molar-refractivity contribution in [2.75, 3.05) is 36.5 Å². The van der Waals surface area contributed by atoms with E-state index in [4.69, 9.17) is 4.74 Å². The highest BCUT2D eigenvalue weighted by atomic mass is 16.5. The quantitative estimate of drug-likeness (QED) is 0.494. The second kappa shape index (κ2) is 12.6. The average Bonchev–Trinajstić information content (AvgIpc) is 3.47. The number of hydrogen-bond donors (Lipinski definition) is 2. The molecular weight excluding hydrogens is 462 g/mol. The molecule has 1 atom stereocenters. The number of carbonyl (C=O) groups is 2. The zero-order valence-corrected chi connectivity index (χ0v) is 21.9. The molecule has 3 aliphatic rings. The number of nitrogens with zero attached hydrogens (tertiary/aromatic N) is 1. The minimum absolute atomic E-state index is 0.0776. The van der Waals surface area contributed by atoms with Crippen LogP contribution in [0.25, 0.3) is 0 Å². The molecule has 2 amide bonds. The molecule has 1 aliphatic carbocycles. The summed E-state index contributed by atoms with van der Waals surface area (Å²) in [6, 6.07) is 16.6. The summed E-state index contributed by atoms with van der Waals surface area (Å²) < 4.78 is 5.71. The molecule has 37 heavy (non-hydrogen) atoms. The molecular formula is C31H41N3O3. The number of ether oxygens (including phenoxy) is 1. The van der Waals surface area contributed by atoms with Crippen molar-refractivity contribution in [3.8, 4) is 0 Å². The van der Waals surface area contributed by atoms with Crippen molar-refractivity contribution in [1.82, 2.24) is 5.32 Å². The van der Waals surface area contributed by atoms with Crippen molar-refractivity contribution in [1.29, 1.82) is 0 Å². The Kier molecular flexibility index (Phi) is 8.77. The van der Waals surface area contributed by atoms with E-state index in [2.05, 4.69) is 45.9 Å². The first-order valence-corrected chi connectivity index (χ1v) is 14.3. The molecule has 2 saturated heterocycles. The van der Waals surface area contributed by atoms with Gasteiger partial charge in [0.25, 0.3) is 5.91 Å². The third-order valence-corrected chi connectivity index (χ3v) is 8.32. The van der Waals surface area contributed by atoms with E-state index in [0.717, 1.165) is 83.2 Å². The summed E-state index contributed by atoms with van der Waals surface area (Å²) in [6.45, 7) is 3.15. The predicted molar refractivity (Wildman–Crippen MR) is 148 cm³/mol. The number of piperidine rings is 1. The first-order chi connectivity index (χ1) is 18.2. The summed E-state index contributed by atoms with van der Waals surface area (Å²) in [7, 11) is 0. The van der Waals surface area contributed by atoms with Crippen molar-refractivity contribution in [3.63, 3.8) is 0 Å². The molecule has 0 spiro atoms. The molecule has 1 saturated carbocycles. The summed E-state index contributed by atoms with van der Waals surface area (Å²) in [5, 5.41) is 6.21. The lowest BCUT2D eigenvalue weighted by Gasteiger charge is -2.35. The van der Waals surface area contributed by atoms with E-state index in [1.165, 1.54) is 12.0 Å². The zero-order valence-electron chi connectivity index (χ0n) is 21.9. The number of amides is 2. The number of benzene rings is 2. The van der Waals surface area contributed by atoms with Crippen LogP contribution in [0.1, 0.15) is 73.7 Å². The van der Waals surface area contributed by atoms with Gasteiger partial charge in [-0.3, -0.25) is 9.59 Å². The number of carbonyl (C=O) groups excluding carboxylic acids is 2.